The minimum atomic E-state index is 0.493. The van der Waals surface area contributed by atoms with Crippen LogP contribution in [0.2, 0.25) is 0 Å². The third kappa shape index (κ3) is 2.58. The van der Waals surface area contributed by atoms with Crippen LogP contribution >= 0.6 is 0 Å². The fourth-order valence-electron chi connectivity index (χ4n) is 1.73. The van der Waals surface area contributed by atoms with Gasteiger partial charge in [-0.15, -0.1) is 0 Å². The van der Waals surface area contributed by atoms with Crippen LogP contribution in [-0.4, -0.2) is 19.1 Å². The van der Waals surface area contributed by atoms with Crippen molar-refractivity contribution in [1.29, 1.82) is 5.26 Å². The Bertz CT molecular complexity index is 634. The Morgan fingerprint density at radius 3 is 2.79 bits per heavy atom. The maximum absolute atomic E-state index is 8.92. The highest BCUT2D eigenvalue weighted by Gasteiger charge is 2.11. The van der Waals surface area contributed by atoms with Crippen molar-refractivity contribution < 1.29 is 4.74 Å². The van der Waals surface area contributed by atoms with Gasteiger partial charge in [-0.3, -0.25) is 0 Å². The van der Waals surface area contributed by atoms with E-state index in [2.05, 4.69) is 11.1 Å². The molecule has 0 saturated heterocycles. The SMILES string of the molecule is COc1ccc(N)c(N(C)c2cccc(C#N)c2)n1. The molecule has 1 heterocycles. The standard InChI is InChI=1S/C14H14N4O/c1-18(11-5-3-4-10(8-11)9-15)14-12(16)6-7-13(17-14)19-2/h3-8H,16H2,1-2H3. The lowest BCUT2D eigenvalue weighted by atomic mass is 10.2. The van der Waals surface area contributed by atoms with Crippen molar-refractivity contribution >= 4 is 17.2 Å². The third-order valence-electron chi connectivity index (χ3n) is 2.77. The van der Waals surface area contributed by atoms with Crippen molar-refractivity contribution in [3.8, 4) is 11.9 Å². The smallest absolute Gasteiger partial charge is 0.215 e. The van der Waals surface area contributed by atoms with Gasteiger partial charge in [-0.1, -0.05) is 6.07 Å². The van der Waals surface area contributed by atoms with Crippen molar-refractivity contribution in [2.24, 2.45) is 0 Å². The Balaban J connectivity index is 2.43. The van der Waals surface area contributed by atoms with E-state index in [4.69, 9.17) is 15.7 Å². The molecular formula is C14H14N4O. The second-order valence-electron chi connectivity index (χ2n) is 3.99. The average molecular weight is 254 g/mol. The molecule has 5 heteroatoms. The molecule has 0 amide bonds. The van der Waals surface area contributed by atoms with Crippen LogP contribution in [0.3, 0.4) is 0 Å². The highest BCUT2D eigenvalue weighted by molar-refractivity contribution is 5.71. The summed E-state index contributed by atoms with van der Waals surface area (Å²) in [5.41, 5.74) is 7.90. The molecule has 0 aliphatic heterocycles. The van der Waals surface area contributed by atoms with Gasteiger partial charge in [0, 0.05) is 18.8 Å². The number of hydrogen-bond acceptors (Lipinski definition) is 5. The summed E-state index contributed by atoms with van der Waals surface area (Å²) < 4.78 is 5.10. The maximum atomic E-state index is 8.92. The van der Waals surface area contributed by atoms with Crippen LogP contribution in [0.25, 0.3) is 0 Å². The zero-order valence-corrected chi connectivity index (χ0v) is 10.8. The molecule has 0 fully saturated rings. The topological polar surface area (TPSA) is 75.2 Å². The van der Waals surface area contributed by atoms with Crippen LogP contribution < -0.4 is 15.4 Å². The summed E-state index contributed by atoms with van der Waals surface area (Å²) in [4.78, 5) is 6.14. The van der Waals surface area contributed by atoms with Crippen LogP contribution in [0.1, 0.15) is 5.56 Å². The number of pyridine rings is 1. The number of rotatable bonds is 3. The summed E-state index contributed by atoms with van der Waals surface area (Å²) in [6.07, 6.45) is 0. The lowest BCUT2D eigenvalue weighted by Gasteiger charge is -2.20. The molecule has 19 heavy (non-hydrogen) atoms. The van der Waals surface area contributed by atoms with Crippen LogP contribution in [-0.2, 0) is 0 Å². The number of benzene rings is 1. The molecule has 0 radical (unpaired) electrons. The van der Waals surface area contributed by atoms with Gasteiger partial charge in [-0.05, 0) is 24.3 Å². The van der Waals surface area contributed by atoms with Crippen molar-refractivity contribution in [3.63, 3.8) is 0 Å². The molecule has 1 aromatic carbocycles. The van der Waals surface area contributed by atoms with E-state index in [0.717, 1.165) is 5.69 Å². The number of methoxy groups -OCH3 is 1. The van der Waals surface area contributed by atoms with Gasteiger partial charge in [0.25, 0.3) is 0 Å². The molecular weight excluding hydrogens is 240 g/mol. The van der Waals surface area contributed by atoms with Gasteiger partial charge in [0.05, 0.1) is 24.4 Å². The van der Waals surface area contributed by atoms with Gasteiger partial charge in [0.2, 0.25) is 5.88 Å². The maximum Gasteiger partial charge on any atom is 0.215 e. The first-order chi connectivity index (χ1) is 9.15. The Kier molecular flexibility index (Phi) is 3.53. The summed E-state index contributed by atoms with van der Waals surface area (Å²) in [5.74, 6) is 1.09. The highest BCUT2D eigenvalue weighted by Crippen LogP contribution is 2.29. The Morgan fingerprint density at radius 1 is 1.32 bits per heavy atom. The number of hydrogen-bond donors (Lipinski definition) is 1. The summed E-state index contributed by atoms with van der Waals surface area (Å²) in [6.45, 7) is 0. The highest BCUT2D eigenvalue weighted by atomic mass is 16.5. The number of nitrogen functional groups attached to an aromatic ring is 1. The monoisotopic (exact) mass is 254 g/mol. The first-order valence-corrected chi connectivity index (χ1v) is 5.70. The van der Waals surface area contributed by atoms with Crippen LogP contribution in [0.4, 0.5) is 17.2 Å². The molecule has 5 nitrogen and oxygen atoms in total. The van der Waals surface area contributed by atoms with Gasteiger partial charge < -0.3 is 15.4 Å². The van der Waals surface area contributed by atoms with E-state index in [1.165, 1.54) is 0 Å². The quantitative estimate of drug-likeness (QED) is 0.909. The molecule has 0 bridgehead atoms. The van der Waals surface area contributed by atoms with E-state index in [-0.39, 0.29) is 0 Å². The van der Waals surface area contributed by atoms with Gasteiger partial charge in [0.15, 0.2) is 5.82 Å². The summed E-state index contributed by atoms with van der Waals surface area (Å²) in [7, 11) is 3.40. The second-order valence-corrected chi connectivity index (χ2v) is 3.99. The predicted molar refractivity (Wildman–Crippen MR) is 74.4 cm³/mol. The Morgan fingerprint density at radius 2 is 2.11 bits per heavy atom. The fraction of sp³-hybridized carbons (Fsp3) is 0.143. The van der Waals surface area contributed by atoms with E-state index >= 15 is 0 Å². The third-order valence-corrected chi connectivity index (χ3v) is 2.77. The molecule has 0 spiro atoms. The van der Waals surface area contributed by atoms with Crippen molar-refractivity contribution in [3.05, 3.63) is 42.0 Å². The fourth-order valence-corrected chi connectivity index (χ4v) is 1.73. The number of anilines is 3. The van der Waals surface area contributed by atoms with Gasteiger partial charge in [-0.2, -0.15) is 10.2 Å². The van der Waals surface area contributed by atoms with Crippen molar-refractivity contribution in [2.45, 2.75) is 0 Å². The first-order valence-electron chi connectivity index (χ1n) is 5.70. The molecule has 96 valence electrons. The zero-order chi connectivity index (χ0) is 13.8. The number of ether oxygens (including phenoxy) is 1. The molecule has 2 rings (SSSR count). The molecule has 0 aliphatic carbocycles. The van der Waals surface area contributed by atoms with Crippen LogP contribution in [0.15, 0.2) is 36.4 Å². The van der Waals surface area contributed by atoms with E-state index < -0.39 is 0 Å². The van der Waals surface area contributed by atoms with E-state index in [1.54, 1.807) is 31.4 Å². The molecule has 0 atom stereocenters. The van der Waals surface area contributed by atoms with Crippen molar-refractivity contribution in [1.82, 2.24) is 4.98 Å². The van der Waals surface area contributed by atoms with E-state index in [9.17, 15) is 0 Å². The van der Waals surface area contributed by atoms with Gasteiger partial charge >= 0.3 is 0 Å². The number of nitrogens with two attached hydrogens (primary N) is 1. The van der Waals surface area contributed by atoms with Gasteiger partial charge in [0.1, 0.15) is 0 Å². The summed E-state index contributed by atoms with van der Waals surface area (Å²) in [5, 5.41) is 8.92. The molecule has 0 unspecified atom stereocenters. The zero-order valence-electron chi connectivity index (χ0n) is 10.8. The van der Waals surface area contributed by atoms with Crippen molar-refractivity contribution in [2.75, 3.05) is 24.8 Å². The largest absolute Gasteiger partial charge is 0.481 e. The van der Waals surface area contributed by atoms with E-state index in [0.29, 0.717) is 22.9 Å². The Hall–Kier alpha value is -2.74. The van der Waals surface area contributed by atoms with Gasteiger partial charge in [-0.25, -0.2) is 0 Å². The molecule has 2 N–H and O–H groups in total. The minimum absolute atomic E-state index is 0.493. The second kappa shape index (κ2) is 5.27. The average Bonchev–Trinajstić information content (AvgIpc) is 2.47. The van der Waals surface area contributed by atoms with Crippen LogP contribution in [0.5, 0.6) is 5.88 Å². The normalized spacial score (nSPS) is 9.74. The lowest BCUT2D eigenvalue weighted by molar-refractivity contribution is 0.398. The summed E-state index contributed by atoms with van der Waals surface area (Å²) in [6, 6.07) is 12.8. The molecule has 2 aromatic rings. The lowest BCUT2D eigenvalue weighted by Crippen LogP contribution is -2.13. The number of aromatic nitrogens is 1. The molecule has 0 saturated carbocycles. The van der Waals surface area contributed by atoms with E-state index in [1.807, 2.05) is 24.1 Å². The number of nitrogens with zero attached hydrogens (tertiary/aromatic N) is 3. The first kappa shape index (κ1) is 12.7. The van der Waals surface area contributed by atoms with Crippen LogP contribution in [0, 0.1) is 11.3 Å². The minimum Gasteiger partial charge on any atom is -0.481 e. The molecule has 1 aromatic heterocycles. The molecule has 0 aliphatic rings. The predicted octanol–water partition coefficient (Wildman–Crippen LogP) is 2.31. The Labute approximate surface area is 111 Å². The summed E-state index contributed by atoms with van der Waals surface area (Å²) >= 11 is 0. The number of nitriles is 1.